The van der Waals surface area contributed by atoms with E-state index in [1.165, 1.54) is 0 Å². The monoisotopic (exact) mass is 481 g/mol. The fourth-order valence-corrected chi connectivity index (χ4v) is 3.99. The van der Waals surface area contributed by atoms with E-state index in [4.69, 9.17) is 9.47 Å². The van der Waals surface area contributed by atoms with Gasteiger partial charge in [-0.15, -0.1) is 0 Å². The second-order valence-electron chi connectivity index (χ2n) is 10.2. The molecule has 1 N–H and O–H groups in total. The number of carbonyl (C=O) groups is 2. The summed E-state index contributed by atoms with van der Waals surface area (Å²) in [5.74, 6) is 0.623. The molecule has 7 nitrogen and oxygen atoms in total. The topological polar surface area (TPSA) is 71.1 Å². The lowest BCUT2D eigenvalue weighted by Crippen LogP contribution is -2.42. The Morgan fingerprint density at radius 1 is 1.14 bits per heavy atom. The molecule has 0 bridgehead atoms. The molecule has 3 rings (SSSR count). The summed E-state index contributed by atoms with van der Waals surface area (Å²) in [6, 6.07) is 13.4. The summed E-state index contributed by atoms with van der Waals surface area (Å²) in [4.78, 5) is 29.1. The first-order valence-electron chi connectivity index (χ1n) is 12.4. The summed E-state index contributed by atoms with van der Waals surface area (Å²) in [7, 11) is 1.80. The van der Waals surface area contributed by atoms with Crippen molar-refractivity contribution in [2.24, 2.45) is 0 Å². The van der Waals surface area contributed by atoms with Gasteiger partial charge in [-0.25, -0.2) is 4.79 Å². The fourth-order valence-electron chi connectivity index (χ4n) is 3.99. The van der Waals surface area contributed by atoms with Gasteiger partial charge in [0.25, 0.3) is 5.91 Å². The molecular weight excluding hydrogens is 442 g/mol. The Morgan fingerprint density at radius 3 is 2.49 bits per heavy atom. The Balaban J connectivity index is 1.58. The highest BCUT2D eigenvalue weighted by atomic mass is 16.6. The average Bonchev–Trinajstić information content (AvgIpc) is 3.29. The third-order valence-corrected chi connectivity index (χ3v) is 6.10. The molecule has 2 amide bonds. The summed E-state index contributed by atoms with van der Waals surface area (Å²) < 4.78 is 11.2. The summed E-state index contributed by atoms with van der Waals surface area (Å²) >= 11 is 0. The fraction of sp³-hybridized carbons (Fsp3) is 0.500. The number of nitrogens with one attached hydrogen (secondary N) is 1. The molecule has 1 aliphatic heterocycles. The van der Waals surface area contributed by atoms with Crippen LogP contribution >= 0.6 is 0 Å². The van der Waals surface area contributed by atoms with E-state index in [2.05, 4.69) is 23.2 Å². The van der Waals surface area contributed by atoms with Crippen LogP contribution in [0.1, 0.15) is 62.9 Å². The van der Waals surface area contributed by atoms with Gasteiger partial charge in [0.15, 0.2) is 0 Å². The first kappa shape index (κ1) is 26.4. The molecule has 7 heteroatoms. The van der Waals surface area contributed by atoms with E-state index in [1.807, 2.05) is 52.0 Å². The number of benzene rings is 2. The van der Waals surface area contributed by atoms with Crippen molar-refractivity contribution < 1.29 is 19.1 Å². The molecule has 2 aromatic rings. The van der Waals surface area contributed by atoms with Crippen molar-refractivity contribution in [2.75, 3.05) is 37.0 Å². The SMILES string of the molecule is CCCCOc1ccc(C(=O)Nc2ccc(N3CCC(N(C)C(=O)OC(C)(C)C)C3)cc2C)cc1. The lowest BCUT2D eigenvalue weighted by atomic mass is 10.1. The second kappa shape index (κ2) is 11.5. The van der Waals surface area contributed by atoms with Gasteiger partial charge < -0.3 is 24.6 Å². The smallest absolute Gasteiger partial charge is 0.410 e. The third kappa shape index (κ3) is 7.38. The highest BCUT2D eigenvalue weighted by Crippen LogP contribution is 2.28. The van der Waals surface area contributed by atoms with Crippen LogP contribution in [0.3, 0.4) is 0 Å². The standard InChI is InChI=1S/C28H39N3O4/c1-7-8-17-34-24-12-9-21(10-13-24)26(32)29-25-14-11-22(18-20(25)2)31-16-15-23(19-31)30(6)27(33)35-28(3,4)5/h9-14,18,23H,7-8,15-17,19H2,1-6H3,(H,29,32). The zero-order valence-corrected chi connectivity index (χ0v) is 21.9. The van der Waals surface area contributed by atoms with Gasteiger partial charge in [-0.2, -0.15) is 0 Å². The maximum absolute atomic E-state index is 12.7. The quantitative estimate of drug-likeness (QED) is 0.477. The van der Waals surface area contributed by atoms with Gasteiger partial charge in [0.1, 0.15) is 11.4 Å². The normalized spacial score (nSPS) is 15.6. The number of hydrogen-bond acceptors (Lipinski definition) is 5. The highest BCUT2D eigenvalue weighted by Gasteiger charge is 2.31. The molecule has 35 heavy (non-hydrogen) atoms. The van der Waals surface area contributed by atoms with Gasteiger partial charge in [-0.05, 0) is 88.6 Å². The molecule has 190 valence electrons. The minimum absolute atomic E-state index is 0.0958. The van der Waals surface area contributed by atoms with E-state index in [0.29, 0.717) is 12.2 Å². The van der Waals surface area contributed by atoms with Crippen molar-refractivity contribution in [2.45, 2.75) is 65.5 Å². The Morgan fingerprint density at radius 2 is 1.86 bits per heavy atom. The van der Waals surface area contributed by atoms with Gasteiger partial charge in [-0.1, -0.05) is 13.3 Å². The van der Waals surface area contributed by atoms with Crippen molar-refractivity contribution in [1.82, 2.24) is 4.90 Å². The minimum Gasteiger partial charge on any atom is -0.494 e. The first-order valence-corrected chi connectivity index (χ1v) is 12.4. The molecule has 0 aliphatic carbocycles. The molecule has 1 fully saturated rings. The number of hydrogen-bond donors (Lipinski definition) is 1. The molecule has 1 unspecified atom stereocenters. The highest BCUT2D eigenvalue weighted by molar-refractivity contribution is 6.04. The van der Waals surface area contributed by atoms with Crippen molar-refractivity contribution in [1.29, 1.82) is 0 Å². The zero-order chi connectivity index (χ0) is 25.6. The van der Waals surface area contributed by atoms with Crippen LogP contribution in [0.2, 0.25) is 0 Å². The molecule has 0 radical (unpaired) electrons. The van der Waals surface area contributed by atoms with Crippen molar-refractivity contribution in [3.05, 3.63) is 53.6 Å². The van der Waals surface area contributed by atoms with E-state index in [9.17, 15) is 9.59 Å². The largest absolute Gasteiger partial charge is 0.494 e. The van der Waals surface area contributed by atoms with E-state index < -0.39 is 5.60 Å². The van der Waals surface area contributed by atoms with E-state index >= 15 is 0 Å². The number of likely N-dealkylation sites (N-methyl/N-ethyl adjacent to an activating group) is 1. The lowest BCUT2D eigenvalue weighted by molar-refractivity contribution is 0.0237. The van der Waals surface area contributed by atoms with Crippen LogP contribution in [0.4, 0.5) is 16.2 Å². The summed E-state index contributed by atoms with van der Waals surface area (Å²) in [5, 5.41) is 3.01. The molecule has 2 aromatic carbocycles. The van der Waals surface area contributed by atoms with Gasteiger partial charge >= 0.3 is 6.09 Å². The number of nitrogens with zero attached hydrogens (tertiary/aromatic N) is 2. The summed E-state index contributed by atoms with van der Waals surface area (Å²) in [6.07, 6.45) is 2.68. The second-order valence-corrected chi connectivity index (χ2v) is 10.2. The Labute approximate surface area is 209 Å². The molecular formula is C28H39N3O4. The van der Waals surface area contributed by atoms with Crippen LogP contribution in [0.15, 0.2) is 42.5 Å². The van der Waals surface area contributed by atoms with E-state index in [1.54, 1.807) is 24.1 Å². The predicted octanol–water partition coefficient (Wildman–Crippen LogP) is 5.87. The van der Waals surface area contributed by atoms with Crippen molar-refractivity contribution in [3.63, 3.8) is 0 Å². The average molecular weight is 482 g/mol. The summed E-state index contributed by atoms with van der Waals surface area (Å²) in [5.41, 5.74) is 2.92. The van der Waals surface area contributed by atoms with Gasteiger partial charge in [-0.3, -0.25) is 4.79 Å². The number of amides is 2. The van der Waals surface area contributed by atoms with Crippen molar-refractivity contribution >= 4 is 23.4 Å². The van der Waals surface area contributed by atoms with Crippen molar-refractivity contribution in [3.8, 4) is 5.75 Å². The maximum atomic E-state index is 12.7. The molecule has 0 aromatic heterocycles. The number of ether oxygens (including phenoxy) is 2. The summed E-state index contributed by atoms with van der Waals surface area (Å²) in [6.45, 7) is 12.0. The number of aryl methyl sites for hydroxylation is 1. The van der Waals surface area contributed by atoms with E-state index in [-0.39, 0.29) is 18.0 Å². The molecule has 1 aliphatic rings. The van der Waals surface area contributed by atoms with Gasteiger partial charge in [0.2, 0.25) is 0 Å². The molecule has 1 heterocycles. The predicted molar refractivity (Wildman–Crippen MR) is 141 cm³/mol. The lowest BCUT2D eigenvalue weighted by Gasteiger charge is -2.29. The van der Waals surface area contributed by atoms with Crippen LogP contribution in [0.25, 0.3) is 0 Å². The minimum atomic E-state index is -0.508. The maximum Gasteiger partial charge on any atom is 0.410 e. The van der Waals surface area contributed by atoms with Crippen LogP contribution in [0.5, 0.6) is 5.75 Å². The number of carbonyl (C=O) groups excluding carboxylic acids is 2. The Kier molecular flexibility index (Phi) is 8.65. The Hall–Kier alpha value is -3.22. The third-order valence-electron chi connectivity index (χ3n) is 6.10. The first-order chi connectivity index (χ1) is 16.6. The van der Waals surface area contributed by atoms with Crippen LogP contribution in [-0.2, 0) is 4.74 Å². The zero-order valence-electron chi connectivity index (χ0n) is 21.9. The molecule has 0 saturated carbocycles. The van der Waals surface area contributed by atoms with Gasteiger partial charge in [0, 0.05) is 37.1 Å². The molecule has 0 spiro atoms. The Bertz CT molecular complexity index is 1010. The molecule has 1 saturated heterocycles. The number of anilines is 2. The number of rotatable bonds is 8. The number of unbranched alkanes of at least 4 members (excludes halogenated alkanes) is 1. The van der Waals surface area contributed by atoms with Crippen LogP contribution in [0, 0.1) is 6.92 Å². The molecule has 1 atom stereocenters. The van der Waals surface area contributed by atoms with E-state index in [0.717, 1.165) is 55.0 Å². The van der Waals surface area contributed by atoms with Gasteiger partial charge in [0.05, 0.1) is 12.6 Å². The van der Waals surface area contributed by atoms with Crippen LogP contribution < -0.4 is 15.0 Å². The van der Waals surface area contributed by atoms with Crippen LogP contribution in [-0.4, -0.2) is 55.3 Å².